The first kappa shape index (κ1) is 21.1. The Morgan fingerprint density at radius 2 is 1.27 bits per heavy atom. The van der Waals surface area contributed by atoms with E-state index in [1.807, 2.05) is 45.5 Å². The van der Waals surface area contributed by atoms with Gasteiger partial charge < -0.3 is 14.5 Å². The number of ether oxygens (including phenoxy) is 1. The number of hydrogen-bond acceptors (Lipinski definition) is 5. The summed E-state index contributed by atoms with van der Waals surface area (Å²) in [4.78, 5) is 29.3. The first-order chi connectivity index (χ1) is 14.7. The largest absolute Gasteiger partial charge is 0.497 e. The average Bonchev–Trinajstić information content (AvgIpc) is 2.84. The fourth-order valence-corrected chi connectivity index (χ4v) is 6.57. The third kappa shape index (κ3) is 4.78. The van der Waals surface area contributed by atoms with Gasteiger partial charge in [0.15, 0.2) is 0 Å². The molecule has 30 heavy (non-hydrogen) atoms. The molecule has 5 nitrogen and oxygen atoms in total. The van der Waals surface area contributed by atoms with E-state index in [1.165, 1.54) is 23.5 Å². The highest BCUT2D eigenvalue weighted by atomic mass is 32.2. The van der Waals surface area contributed by atoms with E-state index >= 15 is 0 Å². The molecule has 2 aliphatic rings. The van der Waals surface area contributed by atoms with Crippen molar-refractivity contribution in [3.8, 4) is 5.75 Å². The Kier molecular flexibility index (Phi) is 6.89. The van der Waals surface area contributed by atoms with Gasteiger partial charge in [0.1, 0.15) is 5.75 Å². The lowest BCUT2D eigenvalue weighted by Crippen LogP contribution is -2.50. The molecule has 0 unspecified atom stereocenters. The summed E-state index contributed by atoms with van der Waals surface area (Å²) in [5, 5.41) is 0. The molecule has 158 valence electrons. The maximum Gasteiger partial charge on any atom is 0.253 e. The number of thioether (sulfide) groups is 2. The molecule has 0 bridgehead atoms. The lowest BCUT2D eigenvalue weighted by atomic mass is 10.1. The van der Waals surface area contributed by atoms with Crippen LogP contribution in [0.2, 0.25) is 0 Å². The predicted octanol–water partition coefficient (Wildman–Crippen LogP) is 4.16. The molecule has 2 heterocycles. The van der Waals surface area contributed by atoms with E-state index in [4.69, 9.17) is 4.74 Å². The molecule has 0 radical (unpaired) electrons. The molecule has 4 rings (SSSR count). The van der Waals surface area contributed by atoms with Crippen molar-refractivity contribution >= 4 is 35.3 Å². The second kappa shape index (κ2) is 9.79. The highest BCUT2D eigenvalue weighted by molar-refractivity contribution is 8.16. The number of nitrogens with zero attached hydrogens (tertiary/aromatic N) is 2. The summed E-state index contributed by atoms with van der Waals surface area (Å²) in [6, 6.07) is 15.2. The van der Waals surface area contributed by atoms with Gasteiger partial charge in [-0.1, -0.05) is 12.1 Å². The van der Waals surface area contributed by atoms with Crippen LogP contribution in [0, 0.1) is 0 Å². The molecule has 2 amide bonds. The lowest BCUT2D eigenvalue weighted by molar-refractivity contribution is 0.0535. The number of rotatable bonds is 4. The number of piperazine rings is 1. The van der Waals surface area contributed by atoms with Crippen molar-refractivity contribution in [2.24, 2.45) is 0 Å². The van der Waals surface area contributed by atoms with Crippen molar-refractivity contribution in [1.29, 1.82) is 0 Å². The summed E-state index contributed by atoms with van der Waals surface area (Å²) in [6.07, 6.45) is 1.27. The normalized spacial score (nSPS) is 17.6. The lowest BCUT2D eigenvalue weighted by Gasteiger charge is -2.35. The summed E-state index contributed by atoms with van der Waals surface area (Å²) in [5.41, 5.74) is 2.65. The van der Waals surface area contributed by atoms with Crippen LogP contribution in [0.1, 0.15) is 37.3 Å². The Hall–Kier alpha value is -2.12. The fraction of sp³-hybridized carbons (Fsp3) is 0.391. The molecule has 0 aliphatic carbocycles. The van der Waals surface area contributed by atoms with Gasteiger partial charge in [0.2, 0.25) is 0 Å². The Morgan fingerprint density at radius 3 is 1.73 bits per heavy atom. The molecular weight excluding hydrogens is 416 g/mol. The minimum atomic E-state index is -0.00316. The molecular formula is C23H26N2O3S2. The number of carbonyl (C=O) groups is 2. The van der Waals surface area contributed by atoms with E-state index < -0.39 is 0 Å². The molecule has 2 saturated heterocycles. The maximum atomic E-state index is 12.9. The van der Waals surface area contributed by atoms with Gasteiger partial charge >= 0.3 is 0 Å². The van der Waals surface area contributed by atoms with Gasteiger partial charge in [-0.2, -0.15) is 0 Å². The summed E-state index contributed by atoms with van der Waals surface area (Å²) >= 11 is 3.97. The van der Waals surface area contributed by atoms with Crippen LogP contribution in [-0.4, -0.2) is 66.4 Å². The first-order valence-electron chi connectivity index (χ1n) is 10.2. The first-order valence-corrected chi connectivity index (χ1v) is 12.3. The van der Waals surface area contributed by atoms with Gasteiger partial charge in [-0.15, -0.1) is 23.5 Å². The topological polar surface area (TPSA) is 49.9 Å². The fourth-order valence-electron chi connectivity index (χ4n) is 3.67. The average molecular weight is 443 g/mol. The third-order valence-corrected chi connectivity index (χ3v) is 8.46. The Bertz CT molecular complexity index is 872. The quantitative estimate of drug-likeness (QED) is 0.712. The van der Waals surface area contributed by atoms with Crippen LogP contribution >= 0.6 is 23.5 Å². The van der Waals surface area contributed by atoms with Crippen molar-refractivity contribution in [2.75, 3.05) is 44.8 Å². The Morgan fingerprint density at radius 1 is 0.800 bits per heavy atom. The monoisotopic (exact) mass is 442 g/mol. The van der Waals surface area contributed by atoms with Gasteiger partial charge in [-0.05, 0) is 59.9 Å². The van der Waals surface area contributed by atoms with Crippen LogP contribution < -0.4 is 4.74 Å². The molecule has 2 aliphatic heterocycles. The van der Waals surface area contributed by atoms with Crippen molar-refractivity contribution in [1.82, 2.24) is 9.80 Å². The standard InChI is InChI=1S/C23H26N2O3S2/c1-28-20-9-7-18(8-10-20)22(27)25-13-11-24(12-14-25)21(26)17-3-5-19(6-4-17)23-29-15-2-16-30-23/h3-10,23H,2,11-16H2,1H3. The van der Waals surface area contributed by atoms with Gasteiger partial charge in [0.05, 0.1) is 11.7 Å². The summed E-state index contributed by atoms with van der Waals surface area (Å²) < 4.78 is 5.63. The molecule has 2 aromatic rings. The molecule has 0 saturated carbocycles. The van der Waals surface area contributed by atoms with Crippen LogP contribution in [0.4, 0.5) is 0 Å². The third-order valence-electron chi connectivity index (χ3n) is 5.45. The molecule has 2 fully saturated rings. The Balaban J connectivity index is 1.33. The van der Waals surface area contributed by atoms with Crippen LogP contribution in [-0.2, 0) is 0 Å². The maximum absolute atomic E-state index is 12.9. The minimum Gasteiger partial charge on any atom is -0.497 e. The van der Waals surface area contributed by atoms with Gasteiger partial charge in [0.25, 0.3) is 11.8 Å². The molecule has 0 spiro atoms. The number of benzene rings is 2. The molecule has 0 N–H and O–H groups in total. The van der Waals surface area contributed by atoms with Crippen LogP contribution in [0.3, 0.4) is 0 Å². The Labute approximate surface area is 186 Å². The summed E-state index contributed by atoms with van der Waals surface area (Å²) in [6.45, 7) is 2.20. The van der Waals surface area contributed by atoms with Crippen molar-refractivity contribution < 1.29 is 14.3 Å². The summed E-state index contributed by atoms with van der Waals surface area (Å²) in [5.74, 6) is 3.18. The van der Waals surface area contributed by atoms with Crippen LogP contribution in [0.5, 0.6) is 5.75 Å². The zero-order chi connectivity index (χ0) is 20.9. The van der Waals surface area contributed by atoms with E-state index in [0.29, 0.717) is 36.3 Å². The molecule has 7 heteroatoms. The number of amides is 2. The molecule has 2 aromatic carbocycles. The SMILES string of the molecule is COc1ccc(C(=O)N2CCN(C(=O)c3ccc(C4SCCCS4)cc3)CC2)cc1. The second-order valence-corrected chi connectivity index (χ2v) is 10.1. The number of methoxy groups -OCH3 is 1. The number of hydrogen-bond donors (Lipinski definition) is 0. The summed E-state index contributed by atoms with van der Waals surface area (Å²) in [7, 11) is 1.61. The van der Waals surface area contributed by atoms with Gasteiger partial charge in [-0.25, -0.2) is 0 Å². The van der Waals surface area contributed by atoms with Gasteiger partial charge in [-0.3, -0.25) is 9.59 Å². The zero-order valence-corrected chi connectivity index (χ0v) is 18.7. The second-order valence-electron chi connectivity index (χ2n) is 7.36. The molecule has 0 aromatic heterocycles. The van der Waals surface area contributed by atoms with Crippen molar-refractivity contribution in [3.63, 3.8) is 0 Å². The van der Waals surface area contributed by atoms with E-state index in [9.17, 15) is 9.59 Å². The van der Waals surface area contributed by atoms with E-state index in [-0.39, 0.29) is 11.8 Å². The van der Waals surface area contributed by atoms with E-state index in [0.717, 1.165) is 11.3 Å². The van der Waals surface area contributed by atoms with Gasteiger partial charge in [0, 0.05) is 37.3 Å². The van der Waals surface area contributed by atoms with E-state index in [2.05, 4.69) is 12.1 Å². The molecule has 0 atom stereocenters. The zero-order valence-electron chi connectivity index (χ0n) is 17.1. The highest BCUT2D eigenvalue weighted by Crippen LogP contribution is 2.43. The minimum absolute atomic E-state index is 0.00316. The van der Waals surface area contributed by atoms with E-state index in [1.54, 1.807) is 31.4 Å². The smallest absolute Gasteiger partial charge is 0.253 e. The highest BCUT2D eigenvalue weighted by Gasteiger charge is 2.26. The predicted molar refractivity (Wildman–Crippen MR) is 124 cm³/mol. The van der Waals surface area contributed by atoms with Crippen molar-refractivity contribution in [2.45, 2.75) is 11.0 Å². The van der Waals surface area contributed by atoms with Crippen LogP contribution in [0.25, 0.3) is 0 Å². The van der Waals surface area contributed by atoms with Crippen molar-refractivity contribution in [3.05, 3.63) is 65.2 Å². The number of carbonyl (C=O) groups excluding carboxylic acids is 2. The van der Waals surface area contributed by atoms with Crippen LogP contribution in [0.15, 0.2) is 48.5 Å².